The van der Waals surface area contributed by atoms with Crippen molar-refractivity contribution < 1.29 is 14.2 Å². The summed E-state index contributed by atoms with van der Waals surface area (Å²) in [6.45, 7) is 10.0. The molecule has 63 heavy (non-hydrogen) atoms. The number of hydrogen-bond donors (Lipinski definition) is 0. The summed E-state index contributed by atoms with van der Waals surface area (Å²) in [5.41, 5.74) is 0. The molecule has 0 aliphatic rings. The minimum atomic E-state index is -0.284. The van der Waals surface area contributed by atoms with Crippen LogP contribution in [-0.2, 0) is 14.2 Å². The summed E-state index contributed by atoms with van der Waals surface area (Å²) in [4.78, 5) is 2.24. The van der Waals surface area contributed by atoms with Crippen LogP contribution in [0.1, 0.15) is 290 Å². The molecule has 0 aliphatic carbocycles. The Morgan fingerprint density at radius 2 is 0.508 bits per heavy atom. The minimum Gasteiger partial charge on any atom is -0.372 e. The molecule has 0 radical (unpaired) electrons. The van der Waals surface area contributed by atoms with Crippen molar-refractivity contribution in [2.45, 2.75) is 303 Å². The second-order valence-corrected chi connectivity index (χ2v) is 19.6. The second-order valence-electron chi connectivity index (χ2n) is 19.6. The van der Waals surface area contributed by atoms with Crippen molar-refractivity contribution in [2.75, 3.05) is 40.5 Å². The van der Waals surface area contributed by atoms with E-state index in [1.165, 1.54) is 250 Å². The fraction of sp³-hybridized carbons (Fsp3) is 0.898. The van der Waals surface area contributed by atoms with Gasteiger partial charge in [0.25, 0.3) is 0 Å². The fourth-order valence-corrected chi connectivity index (χ4v) is 8.52. The molecular weight excluding hydrogens is 771 g/mol. The van der Waals surface area contributed by atoms with E-state index in [1.54, 1.807) is 0 Å². The van der Waals surface area contributed by atoms with E-state index >= 15 is 0 Å². The molecule has 0 N–H and O–H groups in total. The quantitative estimate of drug-likeness (QED) is 0.0346. The zero-order chi connectivity index (χ0) is 45.6. The molecule has 0 heterocycles. The Kier molecular flexibility index (Phi) is 54.6. The van der Waals surface area contributed by atoms with Gasteiger partial charge in [0, 0.05) is 26.4 Å². The lowest BCUT2D eigenvalue weighted by molar-refractivity contribution is -0.211. The molecule has 1 unspecified atom stereocenters. The second kappa shape index (κ2) is 55.4. The lowest BCUT2D eigenvalue weighted by Crippen LogP contribution is -2.42. The first-order valence-corrected chi connectivity index (χ1v) is 28.6. The first kappa shape index (κ1) is 62.1. The Morgan fingerprint density at radius 1 is 0.286 bits per heavy atom. The van der Waals surface area contributed by atoms with Crippen molar-refractivity contribution in [3.8, 4) is 0 Å². The van der Waals surface area contributed by atoms with Crippen LogP contribution in [0.5, 0.6) is 0 Å². The van der Waals surface area contributed by atoms with Crippen LogP contribution < -0.4 is 0 Å². The number of unbranched alkanes of at least 4 members (excludes halogenated alkanes) is 36. The maximum atomic E-state index is 6.59. The normalized spacial score (nSPS) is 12.8. The predicted molar refractivity (Wildman–Crippen MR) is 282 cm³/mol. The number of hydrogen-bond acceptors (Lipinski definition) is 4. The van der Waals surface area contributed by atoms with Crippen molar-refractivity contribution >= 4 is 0 Å². The average molecular weight is 887 g/mol. The molecule has 0 saturated carbocycles. The maximum absolute atomic E-state index is 6.59. The van der Waals surface area contributed by atoms with Crippen LogP contribution in [0, 0.1) is 0 Å². The van der Waals surface area contributed by atoms with Gasteiger partial charge in [0.15, 0.2) is 6.29 Å². The molecule has 374 valence electrons. The molecule has 0 rings (SSSR count). The van der Waals surface area contributed by atoms with Gasteiger partial charge in [-0.2, -0.15) is 0 Å². The van der Waals surface area contributed by atoms with E-state index in [-0.39, 0.29) is 12.4 Å². The SMILES string of the molecule is CCCCCCCC/C=C\CCCCCCCCOC(CN(C)C)C(OCCCCCCCC/C=C\CCCCCCCC)OCCCCCCCC/C=C\CCCCCCCC. The van der Waals surface area contributed by atoms with Gasteiger partial charge in [-0.1, -0.05) is 231 Å². The highest BCUT2D eigenvalue weighted by Crippen LogP contribution is 2.17. The van der Waals surface area contributed by atoms with E-state index in [9.17, 15) is 0 Å². The fourth-order valence-electron chi connectivity index (χ4n) is 8.52. The molecule has 0 bridgehead atoms. The molecule has 0 spiro atoms. The molecule has 0 aromatic heterocycles. The molecule has 0 fully saturated rings. The van der Waals surface area contributed by atoms with Crippen molar-refractivity contribution in [3.63, 3.8) is 0 Å². The Bertz CT molecular complexity index is 870. The Morgan fingerprint density at radius 3 is 0.762 bits per heavy atom. The molecule has 0 aliphatic heterocycles. The zero-order valence-corrected chi connectivity index (χ0v) is 43.8. The molecule has 0 aromatic carbocycles. The van der Waals surface area contributed by atoms with Crippen LogP contribution in [0.3, 0.4) is 0 Å². The standard InChI is InChI=1S/C59H115NO3/c1-6-9-12-15-18-21-24-27-30-33-36-39-42-45-48-51-54-61-58(57-60(4)5)59(62-55-52-49-46-43-40-37-34-31-28-25-22-19-16-13-10-7-2)63-56-53-50-47-44-41-38-35-32-29-26-23-20-17-14-11-8-3/h27-32,58-59H,6-26,33-57H2,1-5H3/b30-27-,31-28-,32-29-. The largest absolute Gasteiger partial charge is 0.372 e. The van der Waals surface area contributed by atoms with Gasteiger partial charge in [-0.25, -0.2) is 0 Å². The van der Waals surface area contributed by atoms with Crippen molar-refractivity contribution in [2.24, 2.45) is 0 Å². The van der Waals surface area contributed by atoms with E-state index in [2.05, 4.69) is 76.2 Å². The highest BCUT2D eigenvalue weighted by atomic mass is 16.7. The lowest BCUT2D eigenvalue weighted by atomic mass is 10.1. The monoisotopic (exact) mass is 886 g/mol. The third-order valence-electron chi connectivity index (χ3n) is 12.7. The minimum absolute atomic E-state index is 0.0497. The first-order chi connectivity index (χ1) is 31.2. The zero-order valence-electron chi connectivity index (χ0n) is 43.8. The number of nitrogens with zero attached hydrogens (tertiary/aromatic N) is 1. The summed E-state index contributed by atoms with van der Waals surface area (Å²) in [5.74, 6) is 0. The molecule has 1 atom stereocenters. The van der Waals surface area contributed by atoms with Crippen LogP contribution in [-0.4, -0.2) is 57.8 Å². The molecule has 0 saturated heterocycles. The van der Waals surface area contributed by atoms with Crippen LogP contribution in [0.4, 0.5) is 0 Å². The summed E-state index contributed by atoms with van der Waals surface area (Å²) in [6.07, 6.45) is 69.9. The Labute approximate surface area is 397 Å². The Balaban J connectivity index is 4.48. The van der Waals surface area contributed by atoms with Crippen LogP contribution >= 0.6 is 0 Å². The molecule has 0 amide bonds. The lowest BCUT2D eigenvalue weighted by Gasteiger charge is -2.30. The summed E-state index contributed by atoms with van der Waals surface area (Å²) < 4.78 is 19.7. The highest BCUT2D eigenvalue weighted by Gasteiger charge is 2.24. The average Bonchev–Trinajstić information content (AvgIpc) is 3.28. The van der Waals surface area contributed by atoms with Crippen molar-refractivity contribution in [3.05, 3.63) is 36.5 Å². The van der Waals surface area contributed by atoms with Crippen LogP contribution in [0.15, 0.2) is 36.5 Å². The van der Waals surface area contributed by atoms with Crippen molar-refractivity contribution in [1.82, 2.24) is 4.90 Å². The molecule has 4 nitrogen and oxygen atoms in total. The third-order valence-corrected chi connectivity index (χ3v) is 12.7. The van der Waals surface area contributed by atoms with Gasteiger partial charge < -0.3 is 19.1 Å². The van der Waals surface area contributed by atoms with E-state index in [4.69, 9.17) is 14.2 Å². The summed E-state index contributed by atoms with van der Waals surface area (Å²) in [6, 6.07) is 0. The van der Waals surface area contributed by atoms with Gasteiger partial charge in [-0.15, -0.1) is 0 Å². The number of ether oxygens (including phenoxy) is 3. The van der Waals surface area contributed by atoms with Gasteiger partial charge in [-0.05, 0) is 110 Å². The van der Waals surface area contributed by atoms with Crippen molar-refractivity contribution in [1.29, 1.82) is 0 Å². The van der Waals surface area contributed by atoms with E-state index in [1.807, 2.05) is 0 Å². The van der Waals surface area contributed by atoms with Gasteiger partial charge in [0.1, 0.15) is 6.10 Å². The van der Waals surface area contributed by atoms with E-state index < -0.39 is 0 Å². The van der Waals surface area contributed by atoms with Crippen LogP contribution in [0.25, 0.3) is 0 Å². The van der Waals surface area contributed by atoms with Crippen LogP contribution in [0.2, 0.25) is 0 Å². The topological polar surface area (TPSA) is 30.9 Å². The highest BCUT2D eigenvalue weighted by molar-refractivity contribution is 4.83. The first-order valence-electron chi connectivity index (χ1n) is 28.6. The molecule has 0 aromatic rings. The van der Waals surface area contributed by atoms with Gasteiger partial charge in [0.2, 0.25) is 0 Å². The summed E-state index contributed by atoms with van der Waals surface area (Å²) in [7, 11) is 4.29. The number of allylic oxidation sites excluding steroid dienone is 6. The summed E-state index contributed by atoms with van der Waals surface area (Å²) in [5, 5.41) is 0. The van der Waals surface area contributed by atoms with Gasteiger partial charge >= 0.3 is 0 Å². The van der Waals surface area contributed by atoms with Gasteiger partial charge in [0.05, 0.1) is 0 Å². The smallest absolute Gasteiger partial charge is 0.184 e. The Hall–Kier alpha value is -0.940. The van der Waals surface area contributed by atoms with E-state index in [0.29, 0.717) is 0 Å². The molecular formula is C59H115NO3. The third kappa shape index (κ3) is 51.9. The maximum Gasteiger partial charge on any atom is 0.184 e. The van der Waals surface area contributed by atoms with E-state index in [0.717, 1.165) is 45.6 Å². The van der Waals surface area contributed by atoms with Gasteiger partial charge in [-0.3, -0.25) is 0 Å². The summed E-state index contributed by atoms with van der Waals surface area (Å²) >= 11 is 0. The predicted octanol–water partition coefficient (Wildman–Crippen LogP) is 19.4. The number of likely N-dealkylation sites (N-methyl/N-ethyl adjacent to an activating group) is 1. The molecule has 4 heteroatoms. The number of rotatable bonds is 54.